The smallest absolute Gasteiger partial charge is 0.191 e. The molecule has 5 heteroatoms. The average Bonchev–Trinajstić information content (AvgIpc) is 3.11. The van der Waals surface area contributed by atoms with Crippen molar-refractivity contribution in [3.63, 3.8) is 0 Å². The van der Waals surface area contributed by atoms with Crippen LogP contribution in [0.2, 0.25) is 0 Å². The molecule has 3 nitrogen and oxygen atoms in total. The molecule has 0 fully saturated rings. The molecule has 20 heavy (non-hydrogen) atoms. The van der Waals surface area contributed by atoms with Gasteiger partial charge >= 0.3 is 0 Å². The standard InChI is InChI=1S/C15H21N3S2/c1-2-16-15(17-9-7-13-5-3-11-19-13)18-10-8-14-6-4-12-20-14/h3-6,11-12H,2,7-10H2,1H3,(H2,16,17,18). The Morgan fingerprint density at radius 1 is 1.05 bits per heavy atom. The molecule has 0 aliphatic rings. The van der Waals surface area contributed by atoms with Crippen molar-refractivity contribution >= 4 is 28.6 Å². The molecule has 0 saturated carbocycles. The SMILES string of the molecule is CCNC(=NCCc1cccs1)NCCc1cccs1. The Hall–Kier alpha value is -1.33. The summed E-state index contributed by atoms with van der Waals surface area (Å²) in [7, 11) is 0. The van der Waals surface area contributed by atoms with Crippen molar-refractivity contribution in [3.8, 4) is 0 Å². The molecule has 0 atom stereocenters. The van der Waals surface area contributed by atoms with E-state index in [1.54, 1.807) is 22.7 Å². The third-order valence-electron chi connectivity index (χ3n) is 2.80. The van der Waals surface area contributed by atoms with E-state index >= 15 is 0 Å². The Balaban J connectivity index is 1.73. The molecule has 0 aliphatic carbocycles. The number of nitrogens with zero attached hydrogens (tertiary/aromatic N) is 1. The van der Waals surface area contributed by atoms with Crippen LogP contribution in [0, 0.1) is 0 Å². The van der Waals surface area contributed by atoms with Crippen LogP contribution in [0.25, 0.3) is 0 Å². The summed E-state index contributed by atoms with van der Waals surface area (Å²) in [6.45, 7) is 4.74. The van der Waals surface area contributed by atoms with Crippen molar-refractivity contribution < 1.29 is 0 Å². The zero-order valence-corrected chi connectivity index (χ0v) is 13.4. The van der Waals surface area contributed by atoms with E-state index in [0.29, 0.717) is 0 Å². The van der Waals surface area contributed by atoms with Crippen molar-refractivity contribution in [3.05, 3.63) is 44.8 Å². The molecule has 0 bridgehead atoms. The van der Waals surface area contributed by atoms with E-state index in [-0.39, 0.29) is 0 Å². The van der Waals surface area contributed by atoms with Gasteiger partial charge < -0.3 is 10.6 Å². The van der Waals surface area contributed by atoms with Crippen LogP contribution < -0.4 is 10.6 Å². The minimum absolute atomic E-state index is 0.828. The number of hydrogen-bond acceptors (Lipinski definition) is 3. The Labute approximate surface area is 128 Å². The summed E-state index contributed by atoms with van der Waals surface area (Å²) < 4.78 is 0. The maximum Gasteiger partial charge on any atom is 0.191 e. The normalized spacial score (nSPS) is 11.6. The average molecular weight is 307 g/mol. The molecule has 0 amide bonds. The highest BCUT2D eigenvalue weighted by molar-refractivity contribution is 7.10. The van der Waals surface area contributed by atoms with Gasteiger partial charge in [-0.1, -0.05) is 12.1 Å². The van der Waals surface area contributed by atoms with E-state index in [9.17, 15) is 0 Å². The highest BCUT2D eigenvalue weighted by atomic mass is 32.1. The molecular formula is C15H21N3S2. The zero-order valence-electron chi connectivity index (χ0n) is 11.8. The lowest BCUT2D eigenvalue weighted by molar-refractivity contribution is 0.802. The van der Waals surface area contributed by atoms with Crippen molar-refractivity contribution in [1.82, 2.24) is 10.6 Å². The summed E-state index contributed by atoms with van der Waals surface area (Å²) in [5.74, 6) is 0.917. The highest BCUT2D eigenvalue weighted by Gasteiger charge is 1.99. The molecule has 2 N–H and O–H groups in total. The first kappa shape index (κ1) is 15.1. The number of aliphatic imine (C=N–C) groups is 1. The third-order valence-corrected chi connectivity index (χ3v) is 4.67. The van der Waals surface area contributed by atoms with Gasteiger partial charge in [-0.3, -0.25) is 4.99 Å². The molecule has 0 radical (unpaired) electrons. The quantitative estimate of drug-likeness (QED) is 0.609. The largest absolute Gasteiger partial charge is 0.357 e. The van der Waals surface area contributed by atoms with E-state index in [1.807, 2.05) is 0 Å². The van der Waals surface area contributed by atoms with E-state index in [2.05, 4.69) is 57.6 Å². The fourth-order valence-corrected chi connectivity index (χ4v) is 3.24. The molecular weight excluding hydrogens is 286 g/mol. The summed E-state index contributed by atoms with van der Waals surface area (Å²) in [5, 5.41) is 10.9. The van der Waals surface area contributed by atoms with Crippen LogP contribution in [-0.2, 0) is 12.8 Å². The predicted molar refractivity (Wildman–Crippen MR) is 90.0 cm³/mol. The molecule has 0 aliphatic heterocycles. The number of thiophene rings is 2. The van der Waals surface area contributed by atoms with Crippen LogP contribution in [0.3, 0.4) is 0 Å². The van der Waals surface area contributed by atoms with Crippen molar-refractivity contribution in [2.45, 2.75) is 19.8 Å². The molecule has 0 aromatic carbocycles. The predicted octanol–water partition coefficient (Wildman–Crippen LogP) is 3.15. The second kappa shape index (κ2) is 8.76. The third kappa shape index (κ3) is 5.35. The van der Waals surface area contributed by atoms with Gasteiger partial charge in [-0.05, 0) is 36.2 Å². The first-order chi connectivity index (χ1) is 9.88. The number of rotatable bonds is 7. The molecule has 108 valence electrons. The Morgan fingerprint density at radius 2 is 1.75 bits per heavy atom. The van der Waals surface area contributed by atoms with Crippen LogP contribution in [-0.4, -0.2) is 25.6 Å². The summed E-state index contributed by atoms with van der Waals surface area (Å²) in [6, 6.07) is 8.53. The van der Waals surface area contributed by atoms with Crippen LogP contribution >= 0.6 is 22.7 Å². The maximum absolute atomic E-state index is 4.61. The van der Waals surface area contributed by atoms with E-state index in [1.165, 1.54) is 9.75 Å². The number of guanidine groups is 1. The summed E-state index contributed by atoms with van der Waals surface area (Å²) >= 11 is 3.60. The Bertz CT molecular complexity index is 489. The van der Waals surface area contributed by atoms with Gasteiger partial charge in [0.1, 0.15) is 0 Å². The molecule has 2 aromatic heterocycles. The topological polar surface area (TPSA) is 36.4 Å². The summed E-state index contributed by atoms with van der Waals surface area (Å²) in [4.78, 5) is 7.41. The van der Waals surface area contributed by atoms with E-state index in [0.717, 1.165) is 38.4 Å². The molecule has 0 spiro atoms. The minimum Gasteiger partial charge on any atom is -0.357 e. The number of hydrogen-bond donors (Lipinski definition) is 2. The van der Waals surface area contributed by atoms with E-state index in [4.69, 9.17) is 0 Å². The van der Waals surface area contributed by atoms with Crippen LogP contribution in [0.5, 0.6) is 0 Å². The van der Waals surface area contributed by atoms with Gasteiger partial charge in [0.15, 0.2) is 5.96 Å². The van der Waals surface area contributed by atoms with Crippen molar-refractivity contribution in [1.29, 1.82) is 0 Å². The fraction of sp³-hybridized carbons (Fsp3) is 0.400. The lowest BCUT2D eigenvalue weighted by atomic mass is 10.3. The van der Waals surface area contributed by atoms with Crippen molar-refractivity contribution in [2.24, 2.45) is 4.99 Å². The number of nitrogens with one attached hydrogen (secondary N) is 2. The molecule has 2 heterocycles. The second-order valence-electron chi connectivity index (χ2n) is 4.35. The van der Waals surface area contributed by atoms with Crippen LogP contribution in [0.15, 0.2) is 40.0 Å². The second-order valence-corrected chi connectivity index (χ2v) is 6.41. The van der Waals surface area contributed by atoms with Crippen LogP contribution in [0.4, 0.5) is 0 Å². The first-order valence-electron chi connectivity index (χ1n) is 6.95. The van der Waals surface area contributed by atoms with Gasteiger partial charge in [-0.2, -0.15) is 0 Å². The van der Waals surface area contributed by atoms with Gasteiger partial charge in [-0.15, -0.1) is 22.7 Å². The van der Waals surface area contributed by atoms with Gasteiger partial charge in [0.25, 0.3) is 0 Å². The molecule has 2 rings (SSSR count). The Kier molecular flexibility index (Phi) is 6.60. The lowest BCUT2D eigenvalue weighted by Gasteiger charge is -2.10. The monoisotopic (exact) mass is 307 g/mol. The first-order valence-corrected chi connectivity index (χ1v) is 8.71. The van der Waals surface area contributed by atoms with Gasteiger partial charge in [0, 0.05) is 35.8 Å². The highest BCUT2D eigenvalue weighted by Crippen LogP contribution is 2.09. The molecule has 0 unspecified atom stereocenters. The minimum atomic E-state index is 0.828. The van der Waals surface area contributed by atoms with Gasteiger partial charge in [0.2, 0.25) is 0 Å². The lowest BCUT2D eigenvalue weighted by Crippen LogP contribution is -2.38. The molecule has 0 saturated heterocycles. The fourth-order valence-electron chi connectivity index (χ4n) is 1.83. The summed E-state index contributed by atoms with van der Waals surface area (Å²) in [6.07, 6.45) is 2.06. The summed E-state index contributed by atoms with van der Waals surface area (Å²) in [5.41, 5.74) is 0. The van der Waals surface area contributed by atoms with Crippen LogP contribution in [0.1, 0.15) is 16.7 Å². The van der Waals surface area contributed by atoms with Gasteiger partial charge in [0.05, 0.1) is 0 Å². The van der Waals surface area contributed by atoms with Gasteiger partial charge in [-0.25, -0.2) is 0 Å². The maximum atomic E-state index is 4.61. The Morgan fingerprint density at radius 3 is 2.35 bits per heavy atom. The van der Waals surface area contributed by atoms with Crippen molar-refractivity contribution in [2.75, 3.05) is 19.6 Å². The zero-order chi connectivity index (χ0) is 14.0. The van der Waals surface area contributed by atoms with E-state index < -0.39 is 0 Å². The molecule has 2 aromatic rings.